The van der Waals surface area contributed by atoms with Gasteiger partial charge in [-0.3, -0.25) is 0 Å². The molecule has 1 N–H and O–H groups in total. The smallest absolute Gasteiger partial charge is 0.137 e. The van der Waals surface area contributed by atoms with E-state index < -0.39 is 0 Å². The summed E-state index contributed by atoms with van der Waals surface area (Å²) in [6, 6.07) is 5.79. The van der Waals surface area contributed by atoms with E-state index in [1.165, 1.54) is 0 Å². The van der Waals surface area contributed by atoms with E-state index in [-0.39, 0.29) is 0 Å². The van der Waals surface area contributed by atoms with Crippen molar-refractivity contribution >= 4 is 11.6 Å². The predicted molar refractivity (Wildman–Crippen MR) is 71.0 cm³/mol. The molecule has 0 aliphatic rings. The maximum absolute atomic E-state index is 6.05. The molecule has 1 aromatic carbocycles. The summed E-state index contributed by atoms with van der Waals surface area (Å²) in [4.78, 5) is 0. The molecule has 0 amide bonds. The third-order valence-corrected chi connectivity index (χ3v) is 2.55. The highest BCUT2D eigenvalue weighted by Crippen LogP contribution is 2.24. The van der Waals surface area contributed by atoms with Crippen LogP contribution in [0.4, 0.5) is 0 Å². The molecular weight excluding hydrogens is 238 g/mol. The molecule has 0 bridgehead atoms. The third-order valence-electron chi connectivity index (χ3n) is 2.25. The first-order valence-corrected chi connectivity index (χ1v) is 6.29. The Kier molecular flexibility index (Phi) is 7.01. The first kappa shape index (κ1) is 14.3. The van der Waals surface area contributed by atoms with Crippen molar-refractivity contribution in [3.05, 3.63) is 28.8 Å². The highest BCUT2D eigenvalue weighted by atomic mass is 35.5. The van der Waals surface area contributed by atoms with Crippen LogP contribution in [0.25, 0.3) is 0 Å². The van der Waals surface area contributed by atoms with Crippen LogP contribution in [0.5, 0.6) is 5.75 Å². The summed E-state index contributed by atoms with van der Waals surface area (Å²) in [6.07, 6.45) is 0. The molecule has 0 aliphatic heterocycles. The molecule has 0 radical (unpaired) electrons. The largest absolute Gasteiger partial charge is 0.491 e. The molecule has 1 aromatic rings. The minimum absolute atomic E-state index is 0.606. The van der Waals surface area contributed by atoms with Gasteiger partial charge in [-0.1, -0.05) is 17.7 Å². The van der Waals surface area contributed by atoms with Crippen molar-refractivity contribution in [3.8, 4) is 5.75 Å². The van der Waals surface area contributed by atoms with Gasteiger partial charge in [0.25, 0.3) is 0 Å². The average Bonchev–Trinajstić information content (AvgIpc) is 2.30. The summed E-state index contributed by atoms with van der Waals surface area (Å²) in [5.41, 5.74) is 1.14. The molecule has 0 aliphatic carbocycles. The number of rotatable bonds is 8. The molecule has 0 saturated carbocycles. The van der Waals surface area contributed by atoms with Gasteiger partial charge in [-0.2, -0.15) is 0 Å². The molecule has 0 atom stereocenters. The predicted octanol–water partition coefficient (Wildman–Crippen LogP) is 2.65. The Morgan fingerprint density at radius 3 is 2.71 bits per heavy atom. The first-order chi connectivity index (χ1) is 8.24. The summed E-state index contributed by atoms with van der Waals surface area (Å²) in [6.45, 7) is 7.73. The highest BCUT2D eigenvalue weighted by Gasteiger charge is 2.00. The van der Waals surface area contributed by atoms with Crippen molar-refractivity contribution in [3.63, 3.8) is 0 Å². The Bertz CT molecular complexity index is 331. The van der Waals surface area contributed by atoms with E-state index in [9.17, 15) is 0 Å². The lowest BCUT2D eigenvalue weighted by molar-refractivity contribution is 0.148. The van der Waals surface area contributed by atoms with Crippen molar-refractivity contribution in [1.29, 1.82) is 0 Å². The zero-order valence-corrected chi connectivity index (χ0v) is 11.2. The van der Waals surface area contributed by atoms with Gasteiger partial charge < -0.3 is 14.8 Å². The second-order valence-corrected chi connectivity index (χ2v) is 4.14. The van der Waals surface area contributed by atoms with Gasteiger partial charge >= 0.3 is 0 Å². The van der Waals surface area contributed by atoms with E-state index in [0.717, 1.165) is 37.6 Å². The molecule has 0 spiro atoms. The van der Waals surface area contributed by atoms with Crippen molar-refractivity contribution in [1.82, 2.24) is 5.32 Å². The molecule has 0 aromatic heterocycles. The van der Waals surface area contributed by atoms with E-state index in [2.05, 4.69) is 5.32 Å². The lowest BCUT2D eigenvalue weighted by Crippen LogP contribution is -2.25. The van der Waals surface area contributed by atoms with E-state index >= 15 is 0 Å². The van der Waals surface area contributed by atoms with E-state index in [1.54, 1.807) is 0 Å². The minimum atomic E-state index is 0.606. The molecule has 0 saturated heterocycles. The summed E-state index contributed by atoms with van der Waals surface area (Å²) in [5, 5.41) is 3.89. The van der Waals surface area contributed by atoms with Crippen LogP contribution >= 0.6 is 11.6 Å². The molecule has 0 unspecified atom stereocenters. The second-order valence-electron chi connectivity index (χ2n) is 3.73. The van der Waals surface area contributed by atoms with E-state index in [0.29, 0.717) is 11.6 Å². The number of aryl methyl sites for hydroxylation is 1. The standard InChI is InChI=1S/C13H20ClNO2/c1-3-16-8-6-15-7-9-17-13-5-4-11(2)10-12(13)14/h4-5,10,15H,3,6-9H2,1-2H3. The lowest BCUT2D eigenvalue weighted by atomic mass is 10.2. The van der Waals surface area contributed by atoms with Gasteiger partial charge in [0, 0.05) is 19.7 Å². The monoisotopic (exact) mass is 257 g/mol. The van der Waals surface area contributed by atoms with Crippen LogP contribution in [-0.4, -0.2) is 32.9 Å². The average molecular weight is 258 g/mol. The fourth-order valence-electron chi connectivity index (χ4n) is 1.37. The number of benzene rings is 1. The number of hydrogen-bond donors (Lipinski definition) is 1. The van der Waals surface area contributed by atoms with Gasteiger partial charge in [-0.15, -0.1) is 0 Å². The van der Waals surface area contributed by atoms with Gasteiger partial charge in [0.1, 0.15) is 12.4 Å². The maximum atomic E-state index is 6.05. The van der Waals surface area contributed by atoms with Crippen LogP contribution in [0.1, 0.15) is 12.5 Å². The van der Waals surface area contributed by atoms with Crippen LogP contribution in [0.2, 0.25) is 5.02 Å². The fourth-order valence-corrected chi connectivity index (χ4v) is 1.66. The lowest BCUT2D eigenvalue weighted by Gasteiger charge is -2.09. The zero-order valence-electron chi connectivity index (χ0n) is 10.5. The molecule has 3 nitrogen and oxygen atoms in total. The van der Waals surface area contributed by atoms with Crippen LogP contribution in [0, 0.1) is 6.92 Å². The van der Waals surface area contributed by atoms with Crippen molar-refractivity contribution in [2.24, 2.45) is 0 Å². The molecule has 17 heavy (non-hydrogen) atoms. The Hall–Kier alpha value is -0.770. The summed E-state index contributed by atoms with van der Waals surface area (Å²) in [5.74, 6) is 0.740. The summed E-state index contributed by atoms with van der Waals surface area (Å²) >= 11 is 6.05. The quantitative estimate of drug-likeness (QED) is 0.727. The van der Waals surface area contributed by atoms with E-state index in [4.69, 9.17) is 21.1 Å². The molecule has 96 valence electrons. The van der Waals surface area contributed by atoms with Crippen LogP contribution in [0.15, 0.2) is 18.2 Å². The maximum Gasteiger partial charge on any atom is 0.137 e. The van der Waals surface area contributed by atoms with Gasteiger partial charge in [0.15, 0.2) is 0 Å². The third kappa shape index (κ3) is 5.91. The second kappa shape index (κ2) is 8.34. The number of hydrogen-bond acceptors (Lipinski definition) is 3. The Labute approximate surface area is 108 Å². The Morgan fingerprint density at radius 2 is 2.00 bits per heavy atom. The van der Waals surface area contributed by atoms with Gasteiger partial charge in [0.05, 0.1) is 11.6 Å². The normalized spacial score (nSPS) is 10.5. The molecule has 4 heteroatoms. The van der Waals surface area contributed by atoms with Crippen molar-refractivity contribution < 1.29 is 9.47 Å². The van der Waals surface area contributed by atoms with Gasteiger partial charge in [0.2, 0.25) is 0 Å². The molecular formula is C13H20ClNO2. The zero-order chi connectivity index (χ0) is 12.5. The fraction of sp³-hybridized carbons (Fsp3) is 0.538. The highest BCUT2D eigenvalue weighted by molar-refractivity contribution is 6.32. The van der Waals surface area contributed by atoms with Crippen molar-refractivity contribution in [2.75, 3.05) is 32.9 Å². The summed E-state index contributed by atoms with van der Waals surface area (Å²) in [7, 11) is 0. The molecule has 0 heterocycles. The number of halogens is 1. The topological polar surface area (TPSA) is 30.5 Å². The van der Waals surface area contributed by atoms with E-state index in [1.807, 2.05) is 32.0 Å². The SMILES string of the molecule is CCOCCNCCOc1ccc(C)cc1Cl. The molecule has 0 fully saturated rings. The van der Waals surface area contributed by atoms with Gasteiger partial charge in [-0.25, -0.2) is 0 Å². The van der Waals surface area contributed by atoms with Crippen LogP contribution in [-0.2, 0) is 4.74 Å². The number of ether oxygens (including phenoxy) is 2. The Balaban J connectivity index is 2.14. The first-order valence-electron chi connectivity index (χ1n) is 5.91. The van der Waals surface area contributed by atoms with Gasteiger partial charge in [-0.05, 0) is 31.5 Å². The Morgan fingerprint density at radius 1 is 1.24 bits per heavy atom. The van der Waals surface area contributed by atoms with Crippen molar-refractivity contribution in [2.45, 2.75) is 13.8 Å². The minimum Gasteiger partial charge on any atom is -0.491 e. The number of nitrogens with one attached hydrogen (secondary N) is 1. The summed E-state index contributed by atoms with van der Waals surface area (Å²) < 4.78 is 10.8. The van der Waals surface area contributed by atoms with Crippen LogP contribution < -0.4 is 10.1 Å². The van der Waals surface area contributed by atoms with Crippen LogP contribution in [0.3, 0.4) is 0 Å². The molecule has 1 rings (SSSR count).